The molecule has 4 heteroatoms. The number of ether oxygens (including phenoxy) is 1. The quantitative estimate of drug-likeness (QED) is 0.503. The van der Waals surface area contributed by atoms with Crippen LogP contribution in [-0.4, -0.2) is 4.98 Å². The fraction of sp³-hybridized carbons (Fsp3) is 0.158. The van der Waals surface area contributed by atoms with Crippen molar-refractivity contribution in [1.29, 1.82) is 0 Å². The molecule has 1 aromatic heterocycles. The first-order valence-corrected chi connectivity index (χ1v) is 7.29. The molecule has 0 N–H and O–H groups in total. The van der Waals surface area contributed by atoms with Crippen LogP contribution in [0.2, 0.25) is 0 Å². The Kier molecular flexibility index (Phi) is 6.15. The van der Waals surface area contributed by atoms with E-state index in [1.165, 1.54) is 0 Å². The Morgan fingerprint density at radius 2 is 1.74 bits per heavy atom. The predicted octanol–water partition coefficient (Wildman–Crippen LogP) is 4.60. The van der Waals surface area contributed by atoms with E-state index in [4.69, 9.17) is 9.15 Å². The van der Waals surface area contributed by atoms with Crippen molar-refractivity contribution >= 4 is 0 Å². The topological polar surface area (TPSA) is 35.3 Å². The molecular weight excluding hydrogens is 460 g/mol. The molecular formula is C19H18NO2Re-. The smallest absolute Gasteiger partial charge is 0.226 e. The minimum atomic E-state index is 0. The van der Waals surface area contributed by atoms with Gasteiger partial charge in [0.15, 0.2) is 0 Å². The van der Waals surface area contributed by atoms with Gasteiger partial charge in [0.1, 0.15) is 18.1 Å². The number of benzene rings is 2. The summed E-state index contributed by atoms with van der Waals surface area (Å²) in [5.74, 6) is 2.29. The summed E-state index contributed by atoms with van der Waals surface area (Å²) in [6.07, 6.45) is 0.633. The maximum atomic E-state index is 5.77. The van der Waals surface area contributed by atoms with E-state index < -0.39 is 0 Å². The monoisotopic (exact) mass is 479 g/mol. The van der Waals surface area contributed by atoms with Gasteiger partial charge in [0, 0.05) is 26.0 Å². The largest absolute Gasteiger partial charge is 0.489 e. The van der Waals surface area contributed by atoms with Crippen molar-refractivity contribution in [2.24, 2.45) is 0 Å². The maximum Gasteiger partial charge on any atom is 0.226 e. The van der Waals surface area contributed by atoms with Crippen LogP contribution in [0.1, 0.15) is 17.0 Å². The third kappa shape index (κ3) is 4.31. The first-order valence-electron chi connectivity index (χ1n) is 7.29. The Labute approximate surface area is 150 Å². The van der Waals surface area contributed by atoms with Crippen molar-refractivity contribution in [3.05, 3.63) is 78.5 Å². The van der Waals surface area contributed by atoms with Crippen LogP contribution in [0.5, 0.6) is 5.75 Å². The van der Waals surface area contributed by atoms with E-state index in [9.17, 15) is 0 Å². The van der Waals surface area contributed by atoms with Gasteiger partial charge in [-0.15, -0.1) is 6.42 Å². The van der Waals surface area contributed by atoms with Crippen LogP contribution in [0.25, 0.3) is 11.5 Å². The van der Waals surface area contributed by atoms with Gasteiger partial charge in [-0.05, 0) is 36.8 Å². The SMILES string of the molecule is [CH2-]Cc1nc(-c2ccc(OCc3ccccc3)cc2)oc1C.[Re]. The van der Waals surface area contributed by atoms with Crippen molar-refractivity contribution in [2.75, 3.05) is 0 Å². The van der Waals surface area contributed by atoms with Crippen molar-refractivity contribution in [1.82, 2.24) is 4.98 Å². The van der Waals surface area contributed by atoms with E-state index in [0.717, 1.165) is 28.3 Å². The molecule has 0 bridgehead atoms. The van der Waals surface area contributed by atoms with Crippen LogP contribution in [0, 0.1) is 13.8 Å². The molecule has 1 heterocycles. The second-order valence-corrected chi connectivity index (χ2v) is 5.07. The third-order valence-corrected chi connectivity index (χ3v) is 3.48. The average Bonchev–Trinajstić information content (AvgIpc) is 2.95. The van der Waals surface area contributed by atoms with Crippen molar-refractivity contribution < 1.29 is 29.6 Å². The molecule has 3 nitrogen and oxygen atoms in total. The van der Waals surface area contributed by atoms with Gasteiger partial charge < -0.3 is 16.1 Å². The van der Waals surface area contributed by atoms with Gasteiger partial charge in [0.2, 0.25) is 5.89 Å². The second-order valence-electron chi connectivity index (χ2n) is 5.07. The number of nitrogens with zero attached hydrogens (tertiary/aromatic N) is 1. The summed E-state index contributed by atoms with van der Waals surface area (Å²) in [6, 6.07) is 17.9. The van der Waals surface area contributed by atoms with Gasteiger partial charge in [0.25, 0.3) is 0 Å². The summed E-state index contributed by atoms with van der Waals surface area (Å²) in [5.41, 5.74) is 2.99. The zero-order valence-electron chi connectivity index (χ0n) is 13.0. The first-order chi connectivity index (χ1) is 10.8. The molecule has 3 rings (SSSR count). The van der Waals surface area contributed by atoms with Gasteiger partial charge in [-0.25, -0.2) is 4.98 Å². The Hall–Kier alpha value is -1.89. The van der Waals surface area contributed by atoms with Crippen molar-refractivity contribution in [3.8, 4) is 17.2 Å². The summed E-state index contributed by atoms with van der Waals surface area (Å²) in [5, 5.41) is 0. The number of aromatic nitrogens is 1. The van der Waals surface area contributed by atoms with E-state index in [1.54, 1.807) is 0 Å². The maximum absolute atomic E-state index is 5.77. The Morgan fingerprint density at radius 1 is 1.04 bits per heavy atom. The van der Waals surface area contributed by atoms with Crippen LogP contribution in [0.4, 0.5) is 0 Å². The van der Waals surface area contributed by atoms with Crippen LogP contribution >= 0.6 is 0 Å². The molecule has 1 radical (unpaired) electrons. The van der Waals surface area contributed by atoms with Crippen molar-refractivity contribution in [2.45, 2.75) is 20.0 Å². The molecule has 23 heavy (non-hydrogen) atoms. The fourth-order valence-corrected chi connectivity index (χ4v) is 2.22. The van der Waals surface area contributed by atoms with Crippen LogP contribution in [-0.2, 0) is 33.5 Å². The molecule has 2 aromatic carbocycles. The molecule has 0 aliphatic carbocycles. The summed E-state index contributed by atoms with van der Waals surface area (Å²) < 4.78 is 11.4. The van der Waals surface area contributed by atoms with Gasteiger partial charge in [0.05, 0.1) is 5.69 Å². The van der Waals surface area contributed by atoms with E-state index in [-0.39, 0.29) is 20.4 Å². The molecule has 3 aromatic rings. The fourth-order valence-electron chi connectivity index (χ4n) is 2.22. The first kappa shape index (κ1) is 17.5. The predicted molar refractivity (Wildman–Crippen MR) is 86.5 cm³/mol. The zero-order chi connectivity index (χ0) is 15.4. The molecule has 0 saturated heterocycles. The number of aryl methyl sites for hydroxylation is 1. The Bertz CT molecular complexity index is 736. The van der Waals surface area contributed by atoms with Crippen LogP contribution in [0.15, 0.2) is 59.0 Å². The summed E-state index contributed by atoms with van der Waals surface area (Å²) in [7, 11) is 0. The van der Waals surface area contributed by atoms with Gasteiger partial charge in [-0.2, -0.15) is 0 Å². The van der Waals surface area contributed by atoms with E-state index in [0.29, 0.717) is 18.9 Å². The minimum absolute atomic E-state index is 0. The zero-order valence-corrected chi connectivity index (χ0v) is 15.7. The molecule has 0 saturated carbocycles. The normalized spacial score (nSPS) is 10.2. The van der Waals surface area contributed by atoms with E-state index >= 15 is 0 Å². The average molecular weight is 479 g/mol. The minimum Gasteiger partial charge on any atom is -0.489 e. The van der Waals surface area contributed by atoms with Crippen LogP contribution < -0.4 is 4.74 Å². The Morgan fingerprint density at radius 3 is 2.35 bits per heavy atom. The van der Waals surface area contributed by atoms with E-state index in [2.05, 4.69) is 11.9 Å². The van der Waals surface area contributed by atoms with Gasteiger partial charge >= 0.3 is 0 Å². The van der Waals surface area contributed by atoms with E-state index in [1.807, 2.05) is 61.5 Å². The van der Waals surface area contributed by atoms with Crippen LogP contribution in [0.3, 0.4) is 0 Å². The summed E-state index contributed by atoms with van der Waals surface area (Å²) in [6.45, 7) is 6.32. The molecule has 119 valence electrons. The standard InChI is InChI=1S/C19H18NO2.Re/c1-3-18-14(2)22-19(20-18)16-9-11-17(12-10-16)21-13-15-7-5-4-6-8-15;/h4-12H,1,3,13H2,2H3;/q-1;. The number of hydrogen-bond donors (Lipinski definition) is 0. The number of oxazole rings is 1. The molecule has 0 fully saturated rings. The summed E-state index contributed by atoms with van der Waals surface area (Å²) in [4.78, 5) is 4.45. The van der Waals surface area contributed by atoms with Gasteiger partial charge in [-0.1, -0.05) is 30.3 Å². The second kappa shape index (κ2) is 8.10. The molecule has 0 spiro atoms. The third-order valence-electron chi connectivity index (χ3n) is 3.48. The number of hydrogen-bond acceptors (Lipinski definition) is 3. The van der Waals surface area contributed by atoms with Gasteiger partial charge in [-0.3, -0.25) is 0 Å². The molecule has 0 unspecified atom stereocenters. The Balaban J connectivity index is 0.00000192. The number of rotatable bonds is 5. The molecule has 0 aliphatic rings. The molecule has 0 aliphatic heterocycles. The van der Waals surface area contributed by atoms with Crippen molar-refractivity contribution in [3.63, 3.8) is 0 Å². The molecule has 0 atom stereocenters. The molecule has 0 amide bonds. The summed E-state index contributed by atoms with van der Waals surface area (Å²) >= 11 is 0.